The van der Waals surface area contributed by atoms with Crippen LogP contribution in [0.15, 0.2) is 12.1 Å². The van der Waals surface area contributed by atoms with Crippen molar-refractivity contribution in [2.45, 2.75) is 45.1 Å². The minimum absolute atomic E-state index is 0.446. The third-order valence-electron chi connectivity index (χ3n) is 3.71. The third kappa shape index (κ3) is 4.26. The molecule has 102 valence electrons. The molecule has 0 aromatic carbocycles. The van der Waals surface area contributed by atoms with Gasteiger partial charge < -0.3 is 0 Å². The second-order valence-electron chi connectivity index (χ2n) is 5.08. The first-order chi connectivity index (χ1) is 8.81. The number of hydrogen-bond acceptors (Lipinski definition) is 4. The molecular weight excluding hydrogens is 260 g/mol. The molecule has 4 heteroatoms. The van der Waals surface area contributed by atoms with E-state index >= 15 is 0 Å². The second kappa shape index (κ2) is 7.53. The van der Waals surface area contributed by atoms with Crippen LogP contribution in [0.2, 0.25) is 0 Å². The smallest absolute Gasteiger partial charge is 0.0261 e. The molecule has 1 aliphatic rings. The van der Waals surface area contributed by atoms with Gasteiger partial charge >= 0.3 is 0 Å². The zero-order valence-corrected chi connectivity index (χ0v) is 12.8. The minimum Gasteiger partial charge on any atom is -0.271 e. The highest BCUT2D eigenvalue weighted by Crippen LogP contribution is 2.27. The average molecular weight is 284 g/mol. The van der Waals surface area contributed by atoms with Crippen LogP contribution in [0.4, 0.5) is 0 Å². The maximum atomic E-state index is 5.73. The summed E-state index contributed by atoms with van der Waals surface area (Å²) in [6.07, 6.45) is 6.20. The maximum Gasteiger partial charge on any atom is 0.0261 e. The van der Waals surface area contributed by atoms with Crippen molar-refractivity contribution in [1.29, 1.82) is 0 Å². The Morgan fingerprint density at radius 1 is 1.33 bits per heavy atom. The number of thiophene rings is 1. The highest BCUT2D eigenvalue weighted by atomic mass is 32.2. The Morgan fingerprint density at radius 2 is 2.06 bits per heavy atom. The van der Waals surface area contributed by atoms with Crippen LogP contribution in [0.5, 0.6) is 0 Å². The normalized spacial score (nSPS) is 19.0. The second-order valence-corrected chi connectivity index (χ2v) is 7.56. The number of nitrogens with one attached hydrogen (secondary N) is 1. The van der Waals surface area contributed by atoms with Crippen LogP contribution in [0.1, 0.15) is 35.9 Å². The quantitative estimate of drug-likeness (QED) is 0.622. The van der Waals surface area contributed by atoms with E-state index in [-0.39, 0.29) is 0 Å². The fourth-order valence-corrected chi connectivity index (χ4v) is 4.80. The lowest BCUT2D eigenvalue weighted by Crippen LogP contribution is -2.38. The molecule has 0 radical (unpaired) electrons. The number of nitrogens with two attached hydrogens (primary N) is 1. The van der Waals surface area contributed by atoms with Crippen LogP contribution < -0.4 is 11.3 Å². The summed E-state index contributed by atoms with van der Waals surface area (Å²) >= 11 is 4.03. The lowest BCUT2D eigenvalue weighted by Gasteiger charge is -2.25. The fourth-order valence-electron chi connectivity index (χ4n) is 2.56. The third-order valence-corrected chi connectivity index (χ3v) is 6.01. The zero-order valence-electron chi connectivity index (χ0n) is 11.2. The standard InChI is InChI=1S/C14H24N2S2/c1-2-13-3-4-14(18-13)10-12(16-15)9-11-5-7-17-8-6-11/h3-4,11-12,16H,2,5-10,15H2,1H3. The Morgan fingerprint density at radius 3 is 2.67 bits per heavy atom. The average Bonchev–Trinajstić information content (AvgIpc) is 2.87. The van der Waals surface area contributed by atoms with Gasteiger partial charge in [-0.3, -0.25) is 11.3 Å². The molecule has 2 heterocycles. The van der Waals surface area contributed by atoms with Gasteiger partial charge in [0.15, 0.2) is 0 Å². The van der Waals surface area contributed by atoms with Gasteiger partial charge in [0, 0.05) is 15.8 Å². The maximum absolute atomic E-state index is 5.73. The molecule has 0 amide bonds. The number of rotatable bonds is 6. The van der Waals surface area contributed by atoms with Gasteiger partial charge in [0.05, 0.1) is 0 Å². The first-order valence-electron chi connectivity index (χ1n) is 6.93. The molecule has 1 aromatic heterocycles. The van der Waals surface area contributed by atoms with Crippen molar-refractivity contribution in [3.05, 3.63) is 21.9 Å². The van der Waals surface area contributed by atoms with Gasteiger partial charge in [-0.25, -0.2) is 0 Å². The topological polar surface area (TPSA) is 38.0 Å². The molecule has 3 N–H and O–H groups in total. The summed E-state index contributed by atoms with van der Waals surface area (Å²) in [5, 5.41) is 0. The Balaban J connectivity index is 1.84. The SMILES string of the molecule is CCc1ccc(CC(CC2CCSCC2)NN)s1. The van der Waals surface area contributed by atoms with Gasteiger partial charge in [-0.2, -0.15) is 11.8 Å². The van der Waals surface area contributed by atoms with Gasteiger partial charge in [-0.15, -0.1) is 11.3 Å². The molecule has 1 saturated heterocycles. The molecule has 0 saturated carbocycles. The molecule has 1 aliphatic heterocycles. The molecule has 1 fully saturated rings. The van der Waals surface area contributed by atoms with Crippen LogP contribution in [0.25, 0.3) is 0 Å². The first-order valence-corrected chi connectivity index (χ1v) is 8.90. The summed E-state index contributed by atoms with van der Waals surface area (Å²) in [7, 11) is 0. The Bertz CT molecular complexity index is 345. The van der Waals surface area contributed by atoms with Gasteiger partial charge in [0.1, 0.15) is 0 Å². The summed E-state index contributed by atoms with van der Waals surface area (Å²) in [5.41, 5.74) is 3.02. The highest BCUT2D eigenvalue weighted by molar-refractivity contribution is 7.99. The lowest BCUT2D eigenvalue weighted by atomic mass is 9.93. The van der Waals surface area contributed by atoms with Crippen molar-refractivity contribution in [3.63, 3.8) is 0 Å². The molecular formula is C14H24N2S2. The molecule has 1 unspecified atom stereocenters. The molecule has 1 atom stereocenters. The van der Waals surface area contributed by atoms with E-state index in [9.17, 15) is 0 Å². The van der Waals surface area contributed by atoms with E-state index in [2.05, 4.69) is 36.2 Å². The van der Waals surface area contributed by atoms with Crippen molar-refractivity contribution in [3.8, 4) is 0 Å². The lowest BCUT2D eigenvalue weighted by molar-refractivity contribution is 0.367. The molecule has 0 spiro atoms. The molecule has 18 heavy (non-hydrogen) atoms. The monoisotopic (exact) mass is 284 g/mol. The van der Waals surface area contributed by atoms with Gasteiger partial charge in [0.25, 0.3) is 0 Å². The van der Waals surface area contributed by atoms with Crippen molar-refractivity contribution in [2.24, 2.45) is 11.8 Å². The van der Waals surface area contributed by atoms with Gasteiger partial charge in [-0.1, -0.05) is 6.92 Å². The van der Waals surface area contributed by atoms with Crippen LogP contribution in [-0.4, -0.2) is 17.5 Å². The Labute approximate surface area is 119 Å². The Kier molecular flexibility index (Phi) is 6.02. The van der Waals surface area contributed by atoms with E-state index in [0.29, 0.717) is 6.04 Å². The summed E-state index contributed by atoms with van der Waals surface area (Å²) in [6, 6.07) is 4.97. The molecule has 0 bridgehead atoms. The summed E-state index contributed by atoms with van der Waals surface area (Å²) < 4.78 is 0. The van der Waals surface area contributed by atoms with E-state index in [1.54, 1.807) is 0 Å². The van der Waals surface area contributed by atoms with E-state index < -0.39 is 0 Å². The number of hydrazine groups is 1. The van der Waals surface area contributed by atoms with E-state index in [0.717, 1.165) is 18.8 Å². The van der Waals surface area contributed by atoms with Crippen LogP contribution >= 0.6 is 23.1 Å². The van der Waals surface area contributed by atoms with Crippen molar-refractivity contribution in [2.75, 3.05) is 11.5 Å². The van der Waals surface area contributed by atoms with E-state index in [1.165, 1.54) is 40.5 Å². The number of aryl methyl sites for hydroxylation is 1. The van der Waals surface area contributed by atoms with Gasteiger partial charge in [-0.05, 0) is 61.7 Å². The van der Waals surface area contributed by atoms with Crippen LogP contribution in [-0.2, 0) is 12.8 Å². The Hall–Kier alpha value is -0.0300. The highest BCUT2D eigenvalue weighted by Gasteiger charge is 2.19. The van der Waals surface area contributed by atoms with Gasteiger partial charge in [0.2, 0.25) is 0 Å². The fraction of sp³-hybridized carbons (Fsp3) is 0.714. The van der Waals surface area contributed by atoms with E-state index in [4.69, 9.17) is 5.84 Å². The summed E-state index contributed by atoms with van der Waals surface area (Å²) in [4.78, 5) is 2.95. The minimum atomic E-state index is 0.446. The van der Waals surface area contributed by atoms with Crippen molar-refractivity contribution < 1.29 is 0 Å². The predicted molar refractivity (Wildman–Crippen MR) is 83.2 cm³/mol. The van der Waals surface area contributed by atoms with Crippen LogP contribution in [0, 0.1) is 5.92 Å². The molecule has 2 nitrogen and oxygen atoms in total. The molecule has 2 rings (SSSR count). The largest absolute Gasteiger partial charge is 0.271 e. The first kappa shape index (κ1) is 14.4. The van der Waals surface area contributed by atoms with Crippen molar-refractivity contribution in [1.82, 2.24) is 5.43 Å². The van der Waals surface area contributed by atoms with Crippen LogP contribution in [0.3, 0.4) is 0 Å². The summed E-state index contributed by atoms with van der Waals surface area (Å²) in [6.45, 7) is 2.22. The molecule has 1 aromatic rings. The molecule has 0 aliphatic carbocycles. The predicted octanol–water partition coefficient (Wildman–Crippen LogP) is 3.22. The zero-order chi connectivity index (χ0) is 12.8. The van der Waals surface area contributed by atoms with Crippen molar-refractivity contribution >= 4 is 23.1 Å². The number of hydrogen-bond donors (Lipinski definition) is 2. The number of thioether (sulfide) groups is 1. The summed E-state index contributed by atoms with van der Waals surface area (Å²) in [5.74, 6) is 9.27. The van der Waals surface area contributed by atoms with E-state index in [1.807, 2.05) is 11.3 Å².